The second-order valence-electron chi connectivity index (χ2n) is 6.33. The molecule has 0 spiro atoms. The molecule has 2 aromatic heterocycles. The van der Waals surface area contributed by atoms with E-state index in [-0.39, 0.29) is 28.9 Å². The molecule has 0 fully saturated rings. The van der Waals surface area contributed by atoms with E-state index in [1.54, 1.807) is 42.8 Å². The lowest BCUT2D eigenvalue weighted by Crippen LogP contribution is -2.28. The minimum absolute atomic E-state index is 0.235. The van der Waals surface area contributed by atoms with Gasteiger partial charge in [-0.2, -0.15) is 0 Å². The fourth-order valence-corrected chi connectivity index (χ4v) is 3.06. The molecule has 0 bridgehead atoms. The number of furan rings is 1. The first-order valence-electron chi connectivity index (χ1n) is 8.61. The average molecular weight is 356 g/mol. The van der Waals surface area contributed by atoms with Crippen LogP contribution in [0.5, 0.6) is 0 Å². The highest BCUT2D eigenvalue weighted by Gasteiger charge is 2.23. The molecule has 1 N–H and O–H groups in total. The molecule has 0 saturated carbocycles. The van der Waals surface area contributed by atoms with Crippen LogP contribution < -0.4 is 10.9 Å². The second kappa shape index (κ2) is 7.15. The molecule has 0 radical (unpaired) electrons. The summed E-state index contributed by atoms with van der Waals surface area (Å²) in [5, 5.41) is 3.15. The van der Waals surface area contributed by atoms with Crippen molar-refractivity contribution in [2.75, 3.05) is 0 Å². The number of carbonyl (C=O) groups excluding carboxylic acids is 1. The monoisotopic (exact) mass is 356 g/mol. The average Bonchev–Trinajstić information content (AvgIpc) is 2.95. The molecule has 1 aromatic carbocycles. The van der Waals surface area contributed by atoms with Crippen molar-refractivity contribution in [3.63, 3.8) is 0 Å². The molecular formula is C20H21FN2O3. The predicted octanol–water partition coefficient (Wildman–Crippen LogP) is 3.94. The van der Waals surface area contributed by atoms with Crippen LogP contribution in [0.4, 0.5) is 4.39 Å². The first-order chi connectivity index (χ1) is 12.4. The Kier molecular flexibility index (Phi) is 4.93. The van der Waals surface area contributed by atoms with Crippen molar-refractivity contribution in [1.82, 2.24) is 9.88 Å². The van der Waals surface area contributed by atoms with Crippen LogP contribution in [0.2, 0.25) is 0 Å². The summed E-state index contributed by atoms with van der Waals surface area (Å²) in [4.78, 5) is 25.6. The minimum atomic E-state index is -0.385. The number of aryl methyl sites for hydroxylation is 2. The molecule has 0 aliphatic carbocycles. The number of aromatic nitrogens is 1. The Hall–Kier alpha value is -2.89. The third kappa shape index (κ3) is 3.27. The maximum absolute atomic E-state index is 13.1. The second-order valence-corrected chi connectivity index (χ2v) is 6.33. The Morgan fingerprint density at radius 3 is 2.62 bits per heavy atom. The van der Waals surface area contributed by atoms with Gasteiger partial charge in [0.25, 0.3) is 11.5 Å². The van der Waals surface area contributed by atoms with Gasteiger partial charge in [0.2, 0.25) is 0 Å². The molecule has 1 amide bonds. The standard InChI is InChI=1S/C20H21FN2O3/c1-4-10-23-11-9-16-18(20(23)25)17(13(3)26-16)19(24)22-12(2)14-5-7-15(21)8-6-14/h5-9,11-12H,4,10H2,1-3H3,(H,22,24)/t12-/m1/s1. The molecule has 26 heavy (non-hydrogen) atoms. The van der Waals surface area contributed by atoms with Crippen LogP contribution in [-0.2, 0) is 6.54 Å². The van der Waals surface area contributed by atoms with Crippen LogP contribution in [0.25, 0.3) is 11.0 Å². The van der Waals surface area contributed by atoms with Gasteiger partial charge in [0.05, 0.1) is 17.0 Å². The molecule has 3 aromatic rings. The summed E-state index contributed by atoms with van der Waals surface area (Å²) in [6, 6.07) is 7.30. The molecule has 0 aliphatic heterocycles. The maximum Gasteiger partial charge on any atom is 0.262 e. The molecule has 3 rings (SSSR count). The van der Waals surface area contributed by atoms with Gasteiger partial charge >= 0.3 is 0 Å². The minimum Gasteiger partial charge on any atom is -0.460 e. The van der Waals surface area contributed by atoms with Crippen molar-refractivity contribution >= 4 is 16.9 Å². The third-order valence-electron chi connectivity index (χ3n) is 4.40. The largest absolute Gasteiger partial charge is 0.460 e. The van der Waals surface area contributed by atoms with Crippen molar-refractivity contribution in [2.24, 2.45) is 0 Å². The molecule has 0 unspecified atom stereocenters. The summed E-state index contributed by atoms with van der Waals surface area (Å²) in [5.74, 6) is -0.319. The third-order valence-corrected chi connectivity index (χ3v) is 4.40. The number of amides is 1. The van der Waals surface area contributed by atoms with Crippen molar-refractivity contribution in [2.45, 2.75) is 39.8 Å². The Bertz CT molecular complexity index is 1000. The normalized spacial score (nSPS) is 12.3. The molecule has 1 atom stereocenters. The SMILES string of the molecule is CCCn1ccc2oc(C)c(C(=O)N[C@H](C)c3ccc(F)cc3)c2c1=O. The zero-order chi connectivity index (χ0) is 18.8. The maximum atomic E-state index is 13.1. The van der Waals surface area contributed by atoms with E-state index >= 15 is 0 Å². The zero-order valence-corrected chi connectivity index (χ0v) is 15.0. The van der Waals surface area contributed by atoms with Gasteiger partial charge in [-0.15, -0.1) is 0 Å². The van der Waals surface area contributed by atoms with Crippen LogP contribution in [-0.4, -0.2) is 10.5 Å². The van der Waals surface area contributed by atoms with Gasteiger partial charge in [0, 0.05) is 12.7 Å². The van der Waals surface area contributed by atoms with E-state index in [9.17, 15) is 14.0 Å². The Labute approximate surface area is 150 Å². The van der Waals surface area contributed by atoms with Gasteiger partial charge in [-0.05, 0) is 44.0 Å². The van der Waals surface area contributed by atoms with E-state index in [0.29, 0.717) is 23.3 Å². The number of nitrogens with one attached hydrogen (secondary N) is 1. The van der Waals surface area contributed by atoms with Crippen LogP contribution in [0.1, 0.15) is 48.0 Å². The van der Waals surface area contributed by atoms with Gasteiger partial charge in [0.1, 0.15) is 17.2 Å². The summed E-state index contributed by atoms with van der Waals surface area (Å²) in [6.45, 7) is 6.03. The van der Waals surface area contributed by atoms with E-state index in [2.05, 4.69) is 5.32 Å². The van der Waals surface area contributed by atoms with E-state index in [1.165, 1.54) is 12.1 Å². The topological polar surface area (TPSA) is 64.2 Å². The number of carbonyl (C=O) groups is 1. The lowest BCUT2D eigenvalue weighted by molar-refractivity contribution is 0.0939. The molecule has 0 aliphatic rings. The number of fused-ring (bicyclic) bond motifs is 1. The van der Waals surface area contributed by atoms with Crippen LogP contribution in [0.15, 0.2) is 45.7 Å². The lowest BCUT2D eigenvalue weighted by Gasteiger charge is -2.14. The zero-order valence-electron chi connectivity index (χ0n) is 15.0. The Morgan fingerprint density at radius 1 is 1.27 bits per heavy atom. The van der Waals surface area contributed by atoms with Gasteiger partial charge < -0.3 is 14.3 Å². The van der Waals surface area contributed by atoms with Crippen molar-refractivity contribution in [1.29, 1.82) is 0 Å². The molecule has 136 valence electrons. The summed E-state index contributed by atoms with van der Waals surface area (Å²) >= 11 is 0. The predicted molar refractivity (Wildman–Crippen MR) is 97.8 cm³/mol. The van der Waals surface area contributed by atoms with E-state index in [0.717, 1.165) is 12.0 Å². The number of halogens is 1. The van der Waals surface area contributed by atoms with Crippen LogP contribution in [0.3, 0.4) is 0 Å². The number of hydrogen-bond donors (Lipinski definition) is 1. The fourth-order valence-electron chi connectivity index (χ4n) is 3.06. The van der Waals surface area contributed by atoms with Crippen molar-refractivity contribution < 1.29 is 13.6 Å². The van der Waals surface area contributed by atoms with Gasteiger partial charge in [0.15, 0.2) is 0 Å². The van der Waals surface area contributed by atoms with Crippen molar-refractivity contribution in [3.05, 3.63) is 69.6 Å². The van der Waals surface area contributed by atoms with E-state index in [1.807, 2.05) is 6.92 Å². The summed E-state index contributed by atoms with van der Waals surface area (Å²) in [6.07, 6.45) is 2.49. The highest BCUT2D eigenvalue weighted by atomic mass is 19.1. The first kappa shape index (κ1) is 17.9. The summed E-state index contributed by atoms with van der Waals surface area (Å²) in [5.41, 5.74) is 1.19. The molecule has 0 saturated heterocycles. The molecule has 5 nitrogen and oxygen atoms in total. The number of benzene rings is 1. The van der Waals surface area contributed by atoms with Gasteiger partial charge in [-0.3, -0.25) is 9.59 Å². The molecule has 6 heteroatoms. The van der Waals surface area contributed by atoms with E-state index < -0.39 is 0 Å². The summed E-state index contributed by atoms with van der Waals surface area (Å²) < 4.78 is 20.3. The van der Waals surface area contributed by atoms with E-state index in [4.69, 9.17) is 4.42 Å². The number of pyridine rings is 1. The number of hydrogen-bond acceptors (Lipinski definition) is 3. The highest BCUT2D eigenvalue weighted by Crippen LogP contribution is 2.23. The quantitative estimate of drug-likeness (QED) is 0.753. The van der Waals surface area contributed by atoms with Gasteiger partial charge in [-0.25, -0.2) is 4.39 Å². The molecular weight excluding hydrogens is 335 g/mol. The summed E-state index contributed by atoms with van der Waals surface area (Å²) in [7, 11) is 0. The van der Waals surface area contributed by atoms with Crippen LogP contribution in [0, 0.1) is 12.7 Å². The highest BCUT2D eigenvalue weighted by molar-refractivity contribution is 6.07. The van der Waals surface area contributed by atoms with Crippen molar-refractivity contribution in [3.8, 4) is 0 Å². The Balaban J connectivity index is 1.97. The lowest BCUT2D eigenvalue weighted by atomic mass is 10.1. The molecule has 2 heterocycles. The fraction of sp³-hybridized carbons (Fsp3) is 0.300. The number of rotatable bonds is 5. The Morgan fingerprint density at radius 2 is 1.96 bits per heavy atom. The number of nitrogens with zero attached hydrogens (tertiary/aromatic N) is 1. The van der Waals surface area contributed by atoms with Gasteiger partial charge in [-0.1, -0.05) is 19.1 Å². The smallest absolute Gasteiger partial charge is 0.262 e. The van der Waals surface area contributed by atoms with Crippen LogP contribution >= 0.6 is 0 Å². The first-order valence-corrected chi connectivity index (χ1v) is 8.61.